The third kappa shape index (κ3) is 4.45. The van der Waals surface area contributed by atoms with Crippen LogP contribution in [0, 0.1) is 0 Å². The molecule has 2 aliphatic rings. The molecular weight excluding hydrogens is 454 g/mol. The number of imidazole rings is 1. The molecule has 12 heteroatoms. The first kappa shape index (κ1) is 22.9. The van der Waals surface area contributed by atoms with Gasteiger partial charge < -0.3 is 9.47 Å². The molecule has 0 atom stereocenters. The second kappa shape index (κ2) is 8.93. The second-order valence-electron chi connectivity index (χ2n) is 8.06. The molecule has 0 spiro atoms. The molecule has 4 rings (SSSR count). The average molecular weight is 482 g/mol. The first-order chi connectivity index (χ1) is 15.2. The Morgan fingerprint density at radius 3 is 2.06 bits per heavy atom. The highest BCUT2D eigenvalue weighted by atomic mass is 32.2. The van der Waals surface area contributed by atoms with Gasteiger partial charge >= 0.3 is 0 Å². The van der Waals surface area contributed by atoms with Crippen LogP contribution in [0.15, 0.2) is 46.7 Å². The van der Waals surface area contributed by atoms with Crippen LogP contribution in [0.4, 0.5) is 0 Å². The molecular formula is C20H27N5O5S2. The average Bonchev–Trinajstić information content (AvgIpc) is 3.41. The maximum absolute atomic E-state index is 13.0. The summed E-state index contributed by atoms with van der Waals surface area (Å²) in [6, 6.07) is 5.99. The SMILES string of the molecule is Cn1cnc(S(=O)(=O)N2CCCN(C(=O)c3ccc(S(=O)(=O)N4CCCC4)cc3)CC2)c1. The molecule has 0 bridgehead atoms. The summed E-state index contributed by atoms with van der Waals surface area (Å²) in [5.41, 5.74) is 0.381. The summed E-state index contributed by atoms with van der Waals surface area (Å²) in [4.78, 5) is 18.7. The van der Waals surface area contributed by atoms with E-state index in [2.05, 4.69) is 4.98 Å². The number of sulfonamides is 2. The smallest absolute Gasteiger partial charge is 0.262 e. The van der Waals surface area contributed by atoms with E-state index in [1.54, 1.807) is 16.5 Å². The van der Waals surface area contributed by atoms with Gasteiger partial charge in [0.15, 0.2) is 5.03 Å². The Hall–Kier alpha value is -2.28. The quantitative estimate of drug-likeness (QED) is 0.623. The number of aromatic nitrogens is 2. The number of aryl methyl sites for hydroxylation is 1. The molecule has 10 nitrogen and oxygen atoms in total. The van der Waals surface area contributed by atoms with Crippen LogP contribution in [0.3, 0.4) is 0 Å². The predicted octanol–water partition coefficient (Wildman–Crippen LogP) is 0.741. The number of hydrogen-bond acceptors (Lipinski definition) is 6. The van der Waals surface area contributed by atoms with E-state index in [-0.39, 0.29) is 28.9 Å². The highest BCUT2D eigenvalue weighted by molar-refractivity contribution is 7.89. The van der Waals surface area contributed by atoms with E-state index in [1.807, 2.05) is 0 Å². The van der Waals surface area contributed by atoms with Crippen molar-refractivity contribution in [3.05, 3.63) is 42.4 Å². The van der Waals surface area contributed by atoms with Gasteiger partial charge in [0, 0.05) is 58.1 Å². The predicted molar refractivity (Wildman–Crippen MR) is 117 cm³/mol. The summed E-state index contributed by atoms with van der Waals surface area (Å²) in [6.07, 6.45) is 5.11. The molecule has 0 unspecified atom stereocenters. The van der Waals surface area contributed by atoms with Crippen LogP contribution >= 0.6 is 0 Å². The van der Waals surface area contributed by atoms with Gasteiger partial charge in [-0.05, 0) is 43.5 Å². The largest absolute Gasteiger partial charge is 0.339 e. The lowest BCUT2D eigenvalue weighted by atomic mass is 10.2. The zero-order chi connectivity index (χ0) is 22.9. The van der Waals surface area contributed by atoms with Crippen molar-refractivity contribution in [2.75, 3.05) is 39.3 Å². The van der Waals surface area contributed by atoms with Gasteiger partial charge in [-0.1, -0.05) is 0 Å². The van der Waals surface area contributed by atoms with Crippen molar-refractivity contribution in [2.24, 2.45) is 7.05 Å². The molecule has 1 amide bonds. The number of carbonyl (C=O) groups excluding carboxylic acids is 1. The van der Waals surface area contributed by atoms with Crippen LogP contribution in [0.1, 0.15) is 29.6 Å². The van der Waals surface area contributed by atoms with Crippen LogP contribution in [-0.2, 0) is 27.1 Å². The number of nitrogens with zero attached hydrogens (tertiary/aromatic N) is 5. The van der Waals surface area contributed by atoms with Gasteiger partial charge in [-0.25, -0.2) is 21.8 Å². The highest BCUT2D eigenvalue weighted by Crippen LogP contribution is 2.22. The Kier molecular flexibility index (Phi) is 6.39. The number of amides is 1. The maximum atomic E-state index is 13.0. The molecule has 0 radical (unpaired) electrons. The Balaban J connectivity index is 1.44. The molecule has 2 fully saturated rings. The molecule has 0 N–H and O–H groups in total. The molecule has 1 aromatic carbocycles. The molecule has 174 valence electrons. The van der Waals surface area contributed by atoms with Gasteiger partial charge in [-0.3, -0.25) is 4.79 Å². The minimum atomic E-state index is -3.72. The van der Waals surface area contributed by atoms with E-state index >= 15 is 0 Å². The minimum Gasteiger partial charge on any atom is -0.339 e. The fraction of sp³-hybridized carbons (Fsp3) is 0.500. The van der Waals surface area contributed by atoms with Crippen molar-refractivity contribution in [1.82, 2.24) is 23.1 Å². The molecule has 32 heavy (non-hydrogen) atoms. The lowest BCUT2D eigenvalue weighted by Crippen LogP contribution is -2.37. The summed E-state index contributed by atoms with van der Waals surface area (Å²) in [6.45, 7) is 2.19. The summed E-state index contributed by atoms with van der Waals surface area (Å²) in [5, 5.41) is -0.00502. The van der Waals surface area contributed by atoms with Gasteiger partial charge in [-0.2, -0.15) is 8.61 Å². The van der Waals surface area contributed by atoms with Crippen LogP contribution in [0.5, 0.6) is 0 Å². The zero-order valence-electron chi connectivity index (χ0n) is 17.9. The molecule has 2 aromatic rings. The van der Waals surface area contributed by atoms with E-state index in [4.69, 9.17) is 0 Å². The Labute approximate surface area is 188 Å². The fourth-order valence-corrected chi connectivity index (χ4v) is 6.97. The fourth-order valence-electron chi connectivity index (χ4n) is 4.02. The first-order valence-electron chi connectivity index (χ1n) is 10.6. The summed E-state index contributed by atoms with van der Waals surface area (Å²) < 4.78 is 55.4. The van der Waals surface area contributed by atoms with E-state index in [1.165, 1.54) is 45.4 Å². The summed E-state index contributed by atoms with van der Waals surface area (Å²) >= 11 is 0. The summed E-state index contributed by atoms with van der Waals surface area (Å²) in [5.74, 6) is -0.243. The second-order valence-corrected chi connectivity index (χ2v) is 11.9. The van der Waals surface area contributed by atoms with Crippen molar-refractivity contribution < 1.29 is 21.6 Å². The van der Waals surface area contributed by atoms with Gasteiger partial charge in [0.2, 0.25) is 10.0 Å². The number of hydrogen-bond donors (Lipinski definition) is 0. The van der Waals surface area contributed by atoms with Gasteiger partial charge in [0.25, 0.3) is 15.9 Å². The topological polar surface area (TPSA) is 113 Å². The first-order valence-corrected chi connectivity index (χ1v) is 13.5. The number of rotatable bonds is 5. The van der Waals surface area contributed by atoms with Crippen molar-refractivity contribution in [3.63, 3.8) is 0 Å². The lowest BCUT2D eigenvalue weighted by molar-refractivity contribution is 0.0764. The van der Waals surface area contributed by atoms with E-state index in [9.17, 15) is 21.6 Å². The summed E-state index contributed by atoms with van der Waals surface area (Å²) in [7, 11) is -5.54. The minimum absolute atomic E-state index is 0.00502. The third-order valence-electron chi connectivity index (χ3n) is 5.83. The molecule has 0 aliphatic carbocycles. The van der Waals surface area contributed by atoms with Gasteiger partial charge in [-0.15, -0.1) is 0 Å². The molecule has 2 saturated heterocycles. The van der Waals surface area contributed by atoms with E-state index < -0.39 is 20.0 Å². The van der Waals surface area contributed by atoms with Crippen LogP contribution in [0.2, 0.25) is 0 Å². The van der Waals surface area contributed by atoms with Gasteiger partial charge in [0.05, 0.1) is 11.2 Å². The van der Waals surface area contributed by atoms with Crippen molar-refractivity contribution >= 4 is 26.0 Å². The normalized spacial score (nSPS) is 19.2. The van der Waals surface area contributed by atoms with Crippen molar-refractivity contribution in [3.8, 4) is 0 Å². The van der Waals surface area contributed by atoms with Crippen LogP contribution < -0.4 is 0 Å². The Bertz CT molecular complexity index is 1190. The van der Waals surface area contributed by atoms with Crippen LogP contribution in [0.25, 0.3) is 0 Å². The monoisotopic (exact) mass is 481 g/mol. The maximum Gasteiger partial charge on any atom is 0.262 e. The molecule has 2 aliphatic heterocycles. The highest BCUT2D eigenvalue weighted by Gasteiger charge is 2.31. The number of carbonyl (C=O) groups is 1. The van der Waals surface area contributed by atoms with Crippen LogP contribution in [-0.4, -0.2) is 85.1 Å². The van der Waals surface area contributed by atoms with E-state index in [0.717, 1.165) is 12.8 Å². The van der Waals surface area contributed by atoms with Crippen molar-refractivity contribution in [1.29, 1.82) is 0 Å². The van der Waals surface area contributed by atoms with Crippen molar-refractivity contribution in [2.45, 2.75) is 29.2 Å². The van der Waals surface area contributed by atoms with Gasteiger partial charge in [0.1, 0.15) is 0 Å². The molecule has 0 saturated carbocycles. The standard InChI is InChI=1S/C20H27N5O5S2/c1-22-15-19(21-16-22)32(29,30)25-12-4-9-23(13-14-25)20(26)17-5-7-18(8-6-17)31(27,28)24-10-2-3-11-24/h5-8,15-16H,2-4,9-14H2,1H3. The van der Waals surface area contributed by atoms with E-state index in [0.29, 0.717) is 38.2 Å². The lowest BCUT2D eigenvalue weighted by Gasteiger charge is -2.22. The Morgan fingerprint density at radius 1 is 0.812 bits per heavy atom. The molecule has 3 heterocycles. The number of benzene rings is 1. The Morgan fingerprint density at radius 2 is 1.44 bits per heavy atom. The zero-order valence-corrected chi connectivity index (χ0v) is 19.6. The third-order valence-corrected chi connectivity index (χ3v) is 9.53. The molecule has 1 aromatic heterocycles.